The number of ether oxygens (including phenoxy) is 1. The molecule has 0 fully saturated rings. The molecule has 7 nitrogen and oxygen atoms in total. The van der Waals surface area contributed by atoms with E-state index in [1.54, 1.807) is 6.92 Å². The van der Waals surface area contributed by atoms with Gasteiger partial charge in [0.2, 0.25) is 0 Å². The number of fused-ring (bicyclic) bond motifs is 1. The molecule has 0 saturated heterocycles. The molecule has 134 valence electrons. The molecule has 0 aliphatic rings. The smallest absolute Gasteiger partial charge is 0.325 e. The first-order valence-electron chi connectivity index (χ1n) is 7.88. The van der Waals surface area contributed by atoms with E-state index in [1.165, 1.54) is 18.0 Å². The number of carbonyl (C=O) groups is 2. The third kappa shape index (κ3) is 3.50. The van der Waals surface area contributed by atoms with Crippen molar-refractivity contribution >= 4 is 33.4 Å². The van der Waals surface area contributed by atoms with E-state index in [0.29, 0.717) is 27.2 Å². The van der Waals surface area contributed by atoms with Gasteiger partial charge in [-0.1, -0.05) is 30.3 Å². The summed E-state index contributed by atoms with van der Waals surface area (Å²) in [6.07, 6.45) is 1.49. The van der Waals surface area contributed by atoms with Crippen molar-refractivity contribution in [1.29, 1.82) is 0 Å². The minimum Gasteiger partial charge on any atom is -0.468 e. The van der Waals surface area contributed by atoms with Crippen LogP contribution in [0.25, 0.3) is 10.2 Å². The van der Waals surface area contributed by atoms with E-state index in [2.05, 4.69) is 15.0 Å². The predicted molar refractivity (Wildman–Crippen MR) is 98.5 cm³/mol. The summed E-state index contributed by atoms with van der Waals surface area (Å²) in [6.45, 7) is 1.89. The van der Waals surface area contributed by atoms with E-state index < -0.39 is 11.9 Å². The van der Waals surface area contributed by atoms with Gasteiger partial charge >= 0.3 is 5.97 Å². The van der Waals surface area contributed by atoms with Crippen molar-refractivity contribution < 1.29 is 14.3 Å². The van der Waals surface area contributed by atoms with E-state index in [0.717, 1.165) is 16.9 Å². The third-order valence-electron chi connectivity index (χ3n) is 3.94. The Balaban J connectivity index is 1.94. The van der Waals surface area contributed by atoms with E-state index in [-0.39, 0.29) is 12.1 Å². The van der Waals surface area contributed by atoms with E-state index in [9.17, 15) is 14.4 Å². The molecule has 1 aromatic carbocycles. The number of esters is 1. The molecular formula is C18H17N3O4S. The number of nitrogens with one attached hydrogen (secondary N) is 1. The van der Waals surface area contributed by atoms with Crippen molar-refractivity contribution in [3.05, 3.63) is 63.0 Å². The molecule has 0 aliphatic carbocycles. The van der Waals surface area contributed by atoms with Gasteiger partial charge in [-0.05, 0) is 18.1 Å². The van der Waals surface area contributed by atoms with Crippen LogP contribution in [0.1, 0.15) is 20.8 Å². The fraction of sp³-hybridized carbons (Fsp3) is 0.222. The quantitative estimate of drug-likeness (QED) is 0.690. The van der Waals surface area contributed by atoms with Gasteiger partial charge in [0.05, 0.1) is 30.2 Å². The molecule has 2 heterocycles. The zero-order valence-corrected chi connectivity index (χ0v) is 15.1. The van der Waals surface area contributed by atoms with E-state index in [4.69, 9.17) is 0 Å². The summed E-state index contributed by atoms with van der Waals surface area (Å²) in [6, 6.07) is 9.60. The topological polar surface area (TPSA) is 90.3 Å². The largest absolute Gasteiger partial charge is 0.468 e. The van der Waals surface area contributed by atoms with Crippen LogP contribution in [0.15, 0.2) is 41.5 Å². The Bertz CT molecular complexity index is 1020. The SMILES string of the molecule is COC(=O)CNC(=O)c1sc2ncn(Cc3ccccc3)c(=O)c2c1C. The summed E-state index contributed by atoms with van der Waals surface area (Å²) < 4.78 is 6.02. The highest BCUT2D eigenvalue weighted by molar-refractivity contribution is 7.20. The van der Waals surface area contributed by atoms with Crippen LogP contribution in [0.5, 0.6) is 0 Å². The van der Waals surface area contributed by atoms with Gasteiger partial charge < -0.3 is 10.1 Å². The molecule has 0 bridgehead atoms. The van der Waals surface area contributed by atoms with Crippen molar-refractivity contribution in [2.24, 2.45) is 0 Å². The number of hydrogen-bond donors (Lipinski definition) is 1. The monoisotopic (exact) mass is 371 g/mol. The maximum Gasteiger partial charge on any atom is 0.325 e. The van der Waals surface area contributed by atoms with Gasteiger partial charge in [-0.25, -0.2) is 4.98 Å². The lowest BCUT2D eigenvalue weighted by molar-refractivity contribution is -0.139. The number of amides is 1. The molecular weight excluding hydrogens is 354 g/mol. The second-order valence-corrected chi connectivity index (χ2v) is 6.66. The average Bonchev–Trinajstić information content (AvgIpc) is 3.00. The Morgan fingerprint density at radius 3 is 2.69 bits per heavy atom. The highest BCUT2D eigenvalue weighted by Crippen LogP contribution is 2.26. The summed E-state index contributed by atoms with van der Waals surface area (Å²) >= 11 is 1.13. The standard InChI is InChI=1S/C18H17N3O4S/c1-11-14-17(26-15(11)16(23)19-8-13(22)25-2)20-10-21(18(14)24)9-12-6-4-3-5-7-12/h3-7,10H,8-9H2,1-2H3,(H,19,23). The Labute approximate surface area is 153 Å². The van der Waals surface area contributed by atoms with Crippen molar-refractivity contribution in [2.45, 2.75) is 13.5 Å². The zero-order chi connectivity index (χ0) is 18.7. The molecule has 0 unspecified atom stereocenters. The molecule has 26 heavy (non-hydrogen) atoms. The fourth-order valence-corrected chi connectivity index (χ4v) is 3.63. The molecule has 1 N–H and O–H groups in total. The molecule has 0 atom stereocenters. The average molecular weight is 371 g/mol. The van der Waals surface area contributed by atoms with Crippen LogP contribution < -0.4 is 10.9 Å². The molecule has 0 radical (unpaired) electrons. The van der Waals surface area contributed by atoms with Crippen LogP contribution >= 0.6 is 11.3 Å². The Morgan fingerprint density at radius 2 is 2.00 bits per heavy atom. The van der Waals surface area contributed by atoms with Gasteiger partial charge in [0.1, 0.15) is 11.4 Å². The van der Waals surface area contributed by atoms with Gasteiger partial charge in [0.15, 0.2) is 0 Å². The minimum atomic E-state index is -0.541. The van der Waals surface area contributed by atoms with Crippen molar-refractivity contribution in [3.63, 3.8) is 0 Å². The van der Waals surface area contributed by atoms with Crippen LogP contribution in [0.2, 0.25) is 0 Å². The van der Waals surface area contributed by atoms with Crippen LogP contribution in [0.3, 0.4) is 0 Å². The number of aromatic nitrogens is 2. The summed E-state index contributed by atoms with van der Waals surface area (Å²) in [5.41, 5.74) is 1.35. The summed E-state index contributed by atoms with van der Waals surface area (Å²) in [7, 11) is 1.25. The first-order valence-corrected chi connectivity index (χ1v) is 8.70. The summed E-state index contributed by atoms with van der Waals surface area (Å²) in [4.78, 5) is 41.5. The summed E-state index contributed by atoms with van der Waals surface area (Å²) in [5.74, 6) is -0.967. The first kappa shape index (κ1) is 17.8. The van der Waals surface area contributed by atoms with E-state index >= 15 is 0 Å². The molecule has 0 saturated carbocycles. The molecule has 0 spiro atoms. The van der Waals surface area contributed by atoms with Crippen LogP contribution in [0.4, 0.5) is 0 Å². The normalized spacial score (nSPS) is 10.7. The number of thiophene rings is 1. The van der Waals surface area contributed by atoms with Gasteiger partial charge in [0.25, 0.3) is 11.5 Å². The summed E-state index contributed by atoms with van der Waals surface area (Å²) in [5, 5.41) is 2.91. The van der Waals surface area contributed by atoms with Crippen LogP contribution in [-0.4, -0.2) is 35.1 Å². The zero-order valence-electron chi connectivity index (χ0n) is 14.3. The third-order valence-corrected chi connectivity index (χ3v) is 5.14. The van der Waals surface area contributed by atoms with Gasteiger partial charge in [0, 0.05) is 0 Å². The van der Waals surface area contributed by atoms with Gasteiger partial charge in [-0.3, -0.25) is 19.0 Å². The second kappa shape index (κ2) is 7.49. The predicted octanol–water partition coefficient (Wildman–Crippen LogP) is 1.72. The Morgan fingerprint density at radius 1 is 1.27 bits per heavy atom. The number of hydrogen-bond acceptors (Lipinski definition) is 6. The van der Waals surface area contributed by atoms with Crippen molar-refractivity contribution in [1.82, 2.24) is 14.9 Å². The van der Waals surface area contributed by atoms with Gasteiger partial charge in [-0.2, -0.15) is 0 Å². The number of rotatable bonds is 5. The van der Waals surface area contributed by atoms with Crippen molar-refractivity contribution in [2.75, 3.05) is 13.7 Å². The number of benzene rings is 1. The minimum absolute atomic E-state index is 0.195. The lowest BCUT2D eigenvalue weighted by Crippen LogP contribution is -2.30. The first-order chi connectivity index (χ1) is 12.5. The van der Waals surface area contributed by atoms with Crippen molar-refractivity contribution in [3.8, 4) is 0 Å². The maximum absolute atomic E-state index is 12.8. The lowest BCUT2D eigenvalue weighted by atomic mass is 10.2. The van der Waals surface area contributed by atoms with Crippen LogP contribution in [-0.2, 0) is 16.1 Å². The molecule has 1 amide bonds. The molecule has 2 aromatic heterocycles. The number of carbonyl (C=O) groups excluding carboxylic acids is 2. The highest BCUT2D eigenvalue weighted by atomic mass is 32.1. The highest BCUT2D eigenvalue weighted by Gasteiger charge is 2.20. The maximum atomic E-state index is 12.8. The number of methoxy groups -OCH3 is 1. The molecule has 0 aliphatic heterocycles. The molecule has 8 heteroatoms. The second-order valence-electron chi connectivity index (χ2n) is 5.66. The van der Waals surface area contributed by atoms with Crippen LogP contribution in [0, 0.1) is 6.92 Å². The fourth-order valence-electron chi connectivity index (χ4n) is 2.57. The lowest BCUT2D eigenvalue weighted by Gasteiger charge is -2.05. The Kier molecular flexibility index (Phi) is 5.13. The number of nitrogens with zero attached hydrogens (tertiary/aromatic N) is 2. The number of aryl methyl sites for hydroxylation is 1. The van der Waals surface area contributed by atoms with Gasteiger partial charge in [-0.15, -0.1) is 11.3 Å². The molecule has 3 aromatic rings. The van der Waals surface area contributed by atoms with E-state index in [1.807, 2.05) is 30.3 Å². The Hall–Kier alpha value is -3.00. The molecule has 3 rings (SSSR count).